The van der Waals surface area contributed by atoms with E-state index in [0.717, 1.165) is 19.4 Å². The number of hydrogen-bond donors (Lipinski definition) is 1. The van der Waals surface area contributed by atoms with Gasteiger partial charge in [0.2, 0.25) is 0 Å². The van der Waals surface area contributed by atoms with Crippen molar-refractivity contribution in [1.82, 2.24) is 20.6 Å². The van der Waals surface area contributed by atoms with Gasteiger partial charge in [0.05, 0.1) is 6.04 Å². The average molecular weight is 343 g/mol. The Labute approximate surface area is 152 Å². The van der Waals surface area contributed by atoms with Crippen LogP contribution in [0.3, 0.4) is 0 Å². The van der Waals surface area contributed by atoms with Gasteiger partial charge < -0.3 is 4.90 Å². The first-order valence-electron chi connectivity index (χ1n) is 9.28. The summed E-state index contributed by atoms with van der Waals surface area (Å²) in [6.07, 6.45) is 16.9. The Morgan fingerprint density at radius 2 is 1.85 bits per heavy atom. The molecule has 0 spiro atoms. The quantitative estimate of drug-likeness (QED) is 0.904. The lowest BCUT2D eigenvalue weighted by molar-refractivity contribution is 0.514. The fraction of sp³-hybridized carbons (Fsp3) is 0.286. The average Bonchev–Trinajstić information content (AvgIpc) is 3.18. The molecule has 26 heavy (non-hydrogen) atoms. The van der Waals surface area contributed by atoms with Crippen molar-refractivity contribution in [2.45, 2.75) is 25.3 Å². The molecule has 2 unspecified atom stereocenters. The topological polar surface area (TPSA) is 57.7 Å². The molecule has 2 aliphatic carbocycles. The van der Waals surface area contributed by atoms with Crippen LogP contribution in [0.15, 0.2) is 60.7 Å². The number of hydrogen-bond acceptors (Lipinski definition) is 4. The minimum Gasteiger partial charge on any atom is -0.331 e. The van der Waals surface area contributed by atoms with E-state index >= 15 is 0 Å². The number of nitrogens with one attached hydrogen (secondary N) is 1. The lowest BCUT2D eigenvalue weighted by atomic mass is 9.93. The third-order valence-corrected chi connectivity index (χ3v) is 5.55. The van der Waals surface area contributed by atoms with Crippen LogP contribution in [0.1, 0.15) is 19.3 Å². The van der Waals surface area contributed by atoms with Crippen molar-refractivity contribution in [3.63, 3.8) is 0 Å². The van der Waals surface area contributed by atoms with E-state index in [0.29, 0.717) is 11.9 Å². The van der Waals surface area contributed by atoms with Gasteiger partial charge in [-0.05, 0) is 46.1 Å². The van der Waals surface area contributed by atoms with E-state index < -0.39 is 0 Å². The summed E-state index contributed by atoms with van der Waals surface area (Å²) in [6, 6.07) is 9.04. The smallest absolute Gasteiger partial charge is 0.266 e. The van der Waals surface area contributed by atoms with Crippen molar-refractivity contribution in [1.29, 1.82) is 0 Å². The normalized spacial score (nSPS) is 24.4. The SMILES string of the molecule is C1=CC2=c3ccccc3=C(C3CCCCN3c3nn[nH]n3)C=CC2C=C1. The molecule has 1 fully saturated rings. The van der Waals surface area contributed by atoms with Crippen LogP contribution in [-0.2, 0) is 0 Å². The van der Waals surface area contributed by atoms with Crippen molar-refractivity contribution < 1.29 is 0 Å². The third kappa shape index (κ3) is 2.51. The number of H-pyrrole nitrogens is 1. The molecule has 1 aliphatic heterocycles. The summed E-state index contributed by atoms with van der Waals surface area (Å²) >= 11 is 0. The van der Waals surface area contributed by atoms with Crippen molar-refractivity contribution in [2.75, 3.05) is 11.4 Å². The summed E-state index contributed by atoms with van der Waals surface area (Å²) < 4.78 is 0. The summed E-state index contributed by atoms with van der Waals surface area (Å²) in [4.78, 5) is 2.30. The maximum absolute atomic E-state index is 4.25. The fourth-order valence-corrected chi connectivity index (χ4v) is 4.34. The molecule has 0 saturated carbocycles. The number of tetrazole rings is 1. The number of aromatic nitrogens is 4. The van der Waals surface area contributed by atoms with Gasteiger partial charge in [0.25, 0.3) is 5.95 Å². The molecule has 1 saturated heterocycles. The van der Waals surface area contributed by atoms with Crippen molar-refractivity contribution in [2.24, 2.45) is 5.92 Å². The molecule has 5 nitrogen and oxygen atoms in total. The zero-order chi connectivity index (χ0) is 17.3. The van der Waals surface area contributed by atoms with Gasteiger partial charge in [0, 0.05) is 12.5 Å². The lowest BCUT2D eigenvalue weighted by Crippen LogP contribution is -2.44. The summed E-state index contributed by atoms with van der Waals surface area (Å²) in [7, 11) is 0. The summed E-state index contributed by atoms with van der Waals surface area (Å²) in [5.41, 5.74) is 2.73. The first-order valence-corrected chi connectivity index (χ1v) is 9.28. The maximum Gasteiger partial charge on any atom is 0.266 e. The summed E-state index contributed by atoms with van der Waals surface area (Å²) in [5, 5.41) is 17.5. The van der Waals surface area contributed by atoms with Crippen LogP contribution < -0.4 is 15.3 Å². The van der Waals surface area contributed by atoms with E-state index in [9.17, 15) is 0 Å². The number of piperidine rings is 1. The van der Waals surface area contributed by atoms with Gasteiger partial charge >= 0.3 is 0 Å². The molecular weight excluding hydrogens is 322 g/mol. The van der Waals surface area contributed by atoms with Gasteiger partial charge in [-0.25, -0.2) is 0 Å². The van der Waals surface area contributed by atoms with Gasteiger partial charge in [-0.3, -0.25) is 0 Å². The maximum atomic E-state index is 4.25. The molecule has 2 aromatic rings. The molecular formula is C21H21N5. The number of benzene rings is 1. The highest BCUT2D eigenvalue weighted by atomic mass is 15.5. The molecule has 1 N–H and O–H groups in total. The standard InChI is InChI=1S/C21H21N5/c1-2-8-16-15(7-1)12-13-19(18-10-4-3-9-17(16)18)20-11-5-6-14-26(20)21-22-24-25-23-21/h1-4,7-10,12-13,15,20H,5-6,11,14H2,(H,22,23,24,25). The van der Waals surface area contributed by atoms with Gasteiger partial charge in [-0.2, -0.15) is 5.21 Å². The molecule has 0 bridgehead atoms. The Hall–Kier alpha value is -2.95. The molecule has 1 aromatic heterocycles. The molecule has 130 valence electrons. The number of fused-ring (bicyclic) bond motifs is 2. The molecule has 1 aromatic carbocycles. The molecule has 5 heteroatoms. The van der Waals surface area contributed by atoms with E-state index in [4.69, 9.17) is 0 Å². The predicted octanol–water partition coefficient (Wildman–Crippen LogP) is 1.87. The van der Waals surface area contributed by atoms with E-state index in [-0.39, 0.29) is 6.04 Å². The number of anilines is 1. The molecule has 2 atom stereocenters. The number of nitrogens with zero attached hydrogens (tertiary/aromatic N) is 4. The van der Waals surface area contributed by atoms with Crippen LogP contribution in [0.4, 0.5) is 5.95 Å². The largest absolute Gasteiger partial charge is 0.331 e. The van der Waals surface area contributed by atoms with E-state index in [1.54, 1.807) is 0 Å². The second-order valence-corrected chi connectivity index (χ2v) is 7.00. The Morgan fingerprint density at radius 1 is 0.962 bits per heavy atom. The minimum atomic E-state index is 0.271. The van der Waals surface area contributed by atoms with Crippen molar-refractivity contribution >= 4 is 17.1 Å². The first-order chi connectivity index (χ1) is 12.9. The van der Waals surface area contributed by atoms with E-state index in [1.807, 2.05) is 0 Å². The number of aromatic amines is 1. The third-order valence-electron chi connectivity index (χ3n) is 5.55. The highest BCUT2D eigenvalue weighted by Crippen LogP contribution is 2.29. The molecule has 0 amide bonds. The van der Waals surface area contributed by atoms with E-state index in [2.05, 4.69) is 86.2 Å². The van der Waals surface area contributed by atoms with Gasteiger partial charge in [-0.15, -0.1) is 5.10 Å². The fourth-order valence-electron chi connectivity index (χ4n) is 4.34. The molecule has 0 radical (unpaired) electrons. The molecule has 3 aliphatic rings. The van der Waals surface area contributed by atoms with Crippen molar-refractivity contribution in [3.8, 4) is 0 Å². The zero-order valence-corrected chi connectivity index (χ0v) is 14.5. The summed E-state index contributed by atoms with van der Waals surface area (Å²) in [5.74, 6) is 1.03. The van der Waals surface area contributed by atoms with Crippen LogP contribution in [0.5, 0.6) is 0 Å². The van der Waals surface area contributed by atoms with Crippen LogP contribution in [0.25, 0.3) is 11.1 Å². The monoisotopic (exact) mass is 343 g/mol. The van der Waals surface area contributed by atoms with Crippen LogP contribution in [-0.4, -0.2) is 33.2 Å². The highest BCUT2D eigenvalue weighted by molar-refractivity contribution is 5.74. The van der Waals surface area contributed by atoms with Crippen molar-refractivity contribution in [3.05, 3.63) is 71.2 Å². The number of rotatable bonds is 2. The lowest BCUT2D eigenvalue weighted by Gasteiger charge is -2.35. The highest BCUT2D eigenvalue weighted by Gasteiger charge is 2.29. The predicted molar refractivity (Wildman–Crippen MR) is 103 cm³/mol. The summed E-state index contributed by atoms with van der Waals surface area (Å²) in [6.45, 7) is 0.962. The minimum absolute atomic E-state index is 0.271. The van der Waals surface area contributed by atoms with E-state index in [1.165, 1.54) is 28.0 Å². The van der Waals surface area contributed by atoms with Gasteiger partial charge in [0.15, 0.2) is 0 Å². The zero-order valence-electron chi connectivity index (χ0n) is 14.5. The Kier molecular flexibility index (Phi) is 3.77. The number of allylic oxidation sites excluding steroid dienone is 5. The van der Waals surface area contributed by atoms with Gasteiger partial charge in [-0.1, -0.05) is 65.8 Å². The second-order valence-electron chi connectivity index (χ2n) is 7.00. The van der Waals surface area contributed by atoms with Crippen LogP contribution >= 0.6 is 0 Å². The first kappa shape index (κ1) is 15.3. The Morgan fingerprint density at radius 3 is 2.69 bits per heavy atom. The van der Waals surface area contributed by atoms with Gasteiger partial charge in [0.1, 0.15) is 0 Å². The Balaban J connectivity index is 1.73. The Bertz CT molecular complexity index is 1010. The second kappa shape index (κ2) is 6.41. The molecule has 2 heterocycles. The molecule has 5 rings (SSSR count). The van der Waals surface area contributed by atoms with Crippen LogP contribution in [0, 0.1) is 5.92 Å². The van der Waals surface area contributed by atoms with Crippen LogP contribution in [0.2, 0.25) is 0 Å².